The number of hydrogen-bond donors (Lipinski definition) is 1. The molecule has 0 aliphatic carbocycles. The summed E-state index contributed by atoms with van der Waals surface area (Å²) in [5, 5.41) is 31.2. The Morgan fingerprint density at radius 2 is 1.89 bits per heavy atom. The molecule has 0 aliphatic rings. The molecule has 0 saturated heterocycles. The molecule has 0 saturated carbocycles. The summed E-state index contributed by atoms with van der Waals surface area (Å²) in [4.78, 5) is 31.9. The fourth-order valence-corrected chi connectivity index (χ4v) is 2.39. The molecule has 1 amide bonds. The number of alkyl halides is 2. The maximum Gasteiger partial charge on any atom is 0.390 e. The zero-order chi connectivity index (χ0) is 20.3. The van der Waals surface area contributed by atoms with Gasteiger partial charge in [-0.3, -0.25) is 19.6 Å². The van der Waals surface area contributed by atoms with E-state index < -0.39 is 40.1 Å². The van der Waals surface area contributed by atoms with Crippen LogP contribution >= 0.6 is 0 Å². The molecule has 0 atom stereocenters. The van der Waals surface area contributed by atoms with Crippen LogP contribution in [0.4, 0.5) is 20.3 Å². The van der Waals surface area contributed by atoms with E-state index >= 15 is 0 Å². The van der Waals surface area contributed by atoms with Gasteiger partial charge < -0.3 is 15.4 Å². The van der Waals surface area contributed by atoms with Crippen molar-refractivity contribution in [2.24, 2.45) is 0 Å². The van der Waals surface area contributed by atoms with Crippen LogP contribution < -0.4 is 5.32 Å². The summed E-state index contributed by atoms with van der Waals surface area (Å²) >= 11 is 0. The zero-order valence-electron chi connectivity index (χ0n) is 14.3. The SMILES string of the molecule is Cc1cc([N+](=O)[O-])nn1CCNC(=O)Cn1nc(C(F)F)c([N+](=O)[O-])c1C. The van der Waals surface area contributed by atoms with Crippen molar-refractivity contribution >= 4 is 17.4 Å². The van der Waals surface area contributed by atoms with Crippen LogP contribution in [0.15, 0.2) is 6.07 Å². The number of nitrogens with one attached hydrogen (secondary N) is 1. The zero-order valence-corrected chi connectivity index (χ0v) is 14.3. The molecule has 0 spiro atoms. The third-order valence-electron chi connectivity index (χ3n) is 3.68. The van der Waals surface area contributed by atoms with Crippen molar-refractivity contribution in [2.75, 3.05) is 6.54 Å². The van der Waals surface area contributed by atoms with E-state index in [9.17, 15) is 33.8 Å². The molecular weight excluding hydrogens is 372 g/mol. The summed E-state index contributed by atoms with van der Waals surface area (Å²) in [7, 11) is 0. The monoisotopic (exact) mass is 387 g/mol. The second-order valence-corrected chi connectivity index (χ2v) is 5.51. The maximum absolute atomic E-state index is 12.9. The van der Waals surface area contributed by atoms with Crippen molar-refractivity contribution in [2.45, 2.75) is 33.4 Å². The minimum absolute atomic E-state index is 0.0582. The van der Waals surface area contributed by atoms with Crippen LogP contribution in [0.5, 0.6) is 0 Å². The third-order valence-corrected chi connectivity index (χ3v) is 3.68. The predicted octanol–water partition coefficient (Wildman–Crippen LogP) is 1.27. The van der Waals surface area contributed by atoms with Crippen LogP contribution in [0, 0.1) is 34.1 Å². The van der Waals surface area contributed by atoms with E-state index in [1.165, 1.54) is 17.7 Å². The number of nitro groups is 2. The quantitative estimate of drug-likeness (QED) is 0.529. The van der Waals surface area contributed by atoms with Crippen molar-refractivity contribution in [1.29, 1.82) is 0 Å². The number of rotatable bonds is 8. The average Bonchev–Trinajstić information content (AvgIpc) is 3.09. The van der Waals surface area contributed by atoms with Gasteiger partial charge >= 0.3 is 11.5 Å². The Kier molecular flexibility index (Phi) is 5.77. The van der Waals surface area contributed by atoms with Gasteiger partial charge in [0.25, 0.3) is 6.43 Å². The second kappa shape index (κ2) is 7.84. The van der Waals surface area contributed by atoms with Gasteiger partial charge in [0.2, 0.25) is 11.6 Å². The number of amides is 1. The number of carbonyl (C=O) groups excluding carboxylic acids is 1. The summed E-state index contributed by atoms with van der Waals surface area (Å²) in [5.41, 5.74) is -1.46. The van der Waals surface area contributed by atoms with E-state index in [2.05, 4.69) is 15.5 Å². The lowest BCUT2D eigenvalue weighted by molar-refractivity contribution is -0.389. The Balaban J connectivity index is 1.99. The Bertz CT molecular complexity index is 892. The average molecular weight is 387 g/mol. The van der Waals surface area contributed by atoms with Crippen molar-refractivity contribution in [3.05, 3.63) is 43.4 Å². The summed E-state index contributed by atoms with van der Waals surface area (Å²) in [6.07, 6.45) is -3.15. The Morgan fingerprint density at radius 3 is 2.37 bits per heavy atom. The normalized spacial score (nSPS) is 11.0. The molecule has 12 nitrogen and oxygen atoms in total. The first kappa shape index (κ1) is 19.9. The highest BCUT2D eigenvalue weighted by Crippen LogP contribution is 2.30. The molecule has 2 aromatic rings. The lowest BCUT2D eigenvalue weighted by Crippen LogP contribution is -2.31. The van der Waals surface area contributed by atoms with Crippen molar-refractivity contribution in [3.8, 4) is 0 Å². The van der Waals surface area contributed by atoms with E-state index in [0.717, 1.165) is 4.68 Å². The summed E-state index contributed by atoms with van der Waals surface area (Å²) in [5.74, 6) is -0.937. The van der Waals surface area contributed by atoms with E-state index in [0.29, 0.717) is 5.69 Å². The van der Waals surface area contributed by atoms with Gasteiger partial charge in [-0.2, -0.15) is 9.78 Å². The first-order valence-corrected chi connectivity index (χ1v) is 7.57. The molecule has 14 heteroatoms. The standard InChI is InChI=1S/C13H15F2N7O5/c1-7-5-9(21(24)25)17-19(7)4-3-16-10(23)6-20-8(2)12(22(26)27)11(18-20)13(14)15/h5,13H,3-4,6H2,1-2H3,(H,16,23). The number of hydrogen-bond acceptors (Lipinski definition) is 7. The van der Waals surface area contributed by atoms with Crippen LogP contribution in [0.1, 0.15) is 23.5 Å². The molecule has 2 heterocycles. The van der Waals surface area contributed by atoms with Crippen molar-refractivity contribution in [1.82, 2.24) is 24.9 Å². The summed E-state index contributed by atoms with van der Waals surface area (Å²) < 4.78 is 27.9. The van der Waals surface area contributed by atoms with Gasteiger partial charge in [0.15, 0.2) is 0 Å². The van der Waals surface area contributed by atoms with Crippen LogP contribution in [-0.2, 0) is 17.9 Å². The van der Waals surface area contributed by atoms with Gasteiger partial charge in [-0.1, -0.05) is 0 Å². The van der Waals surface area contributed by atoms with Gasteiger partial charge in [-0.05, 0) is 18.8 Å². The van der Waals surface area contributed by atoms with Gasteiger partial charge in [0.05, 0.1) is 28.3 Å². The van der Waals surface area contributed by atoms with Crippen LogP contribution in [0.2, 0.25) is 0 Å². The van der Waals surface area contributed by atoms with E-state index in [4.69, 9.17) is 0 Å². The molecule has 0 bridgehead atoms. The molecule has 0 radical (unpaired) electrons. The lowest BCUT2D eigenvalue weighted by atomic mass is 10.3. The summed E-state index contributed by atoms with van der Waals surface area (Å²) in [6.45, 7) is 2.54. The number of carbonyl (C=O) groups is 1. The molecule has 0 aromatic carbocycles. The van der Waals surface area contributed by atoms with Gasteiger partial charge in [-0.15, -0.1) is 0 Å². The lowest BCUT2D eigenvalue weighted by Gasteiger charge is -2.06. The molecule has 0 unspecified atom stereocenters. The minimum Gasteiger partial charge on any atom is -0.358 e. The molecule has 1 N–H and O–H groups in total. The Labute approximate surface area is 150 Å². The first-order valence-electron chi connectivity index (χ1n) is 7.57. The van der Waals surface area contributed by atoms with E-state index in [1.54, 1.807) is 6.92 Å². The van der Waals surface area contributed by atoms with E-state index in [-0.39, 0.29) is 24.6 Å². The smallest absolute Gasteiger partial charge is 0.358 e. The van der Waals surface area contributed by atoms with E-state index in [1.807, 2.05) is 0 Å². The van der Waals surface area contributed by atoms with Crippen molar-refractivity contribution < 1.29 is 23.4 Å². The largest absolute Gasteiger partial charge is 0.390 e. The minimum atomic E-state index is -3.15. The van der Waals surface area contributed by atoms with Crippen LogP contribution in [-0.4, -0.2) is 41.9 Å². The number of aryl methyl sites for hydroxylation is 1. The fraction of sp³-hybridized carbons (Fsp3) is 0.462. The van der Waals surface area contributed by atoms with Gasteiger partial charge in [-0.25, -0.2) is 8.78 Å². The Morgan fingerprint density at radius 1 is 1.22 bits per heavy atom. The molecule has 2 rings (SSSR count). The topological polar surface area (TPSA) is 151 Å². The molecule has 27 heavy (non-hydrogen) atoms. The highest BCUT2D eigenvalue weighted by atomic mass is 19.3. The molecule has 0 fully saturated rings. The molecule has 0 aliphatic heterocycles. The Hall–Kier alpha value is -3.45. The highest BCUT2D eigenvalue weighted by molar-refractivity contribution is 5.75. The fourth-order valence-electron chi connectivity index (χ4n) is 2.39. The molecular formula is C13H15F2N7O5. The number of aromatic nitrogens is 4. The summed E-state index contributed by atoms with van der Waals surface area (Å²) in [6, 6.07) is 1.28. The van der Waals surface area contributed by atoms with Crippen LogP contribution in [0.3, 0.4) is 0 Å². The predicted molar refractivity (Wildman–Crippen MR) is 85.2 cm³/mol. The van der Waals surface area contributed by atoms with Gasteiger partial charge in [0.1, 0.15) is 12.2 Å². The van der Waals surface area contributed by atoms with Gasteiger partial charge in [0, 0.05) is 6.54 Å². The number of halogens is 2. The third kappa shape index (κ3) is 4.39. The van der Waals surface area contributed by atoms with Crippen molar-refractivity contribution in [3.63, 3.8) is 0 Å². The molecule has 146 valence electrons. The molecule has 2 aromatic heterocycles. The maximum atomic E-state index is 12.9. The second-order valence-electron chi connectivity index (χ2n) is 5.51. The number of nitrogens with zero attached hydrogens (tertiary/aromatic N) is 6. The van der Waals surface area contributed by atoms with Crippen LogP contribution in [0.25, 0.3) is 0 Å². The first-order chi connectivity index (χ1) is 12.6. The highest BCUT2D eigenvalue weighted by Gasteiger charge is 2.31.